The molecule has 1 N–H and O–H groups in total. The molecule has 0 aliphatic carbocycles. The van der Waals surface area contributed by atoms with Crippen molar-refractivity contribution in [3.8, 4) is 5.75 Å². The smallest absolute Gasteiger partial charge is 0.139 e. The maximum Gasteiger partial charge on any atom is 0.139 e. The molecule has 0 bridgehead atoms. The van der Waals surface area contributed by atoms with Crippen LogP contribution in [0, 0.1) is 5.92 Å². The minimum Gasteiger partial charge on any atom is -0.492 e. The van der Waals surface area contributed by atoms with Gasteiger partial charge in [0.25, 0.3) is 0 Å². The molecule has 1 aromatic rings. The average Bonchev–Trinajstić information content (AvgIpc) is 2.28. The quantitative estimate of drug-likeness (QED) is 0.847. The van der Waals surface area contributed by atoms with E-state index in [0.717, 1.165) is 6.54 Å². The van der Waals surface area contributed by atoms with E-state index in [0.29, 0.717) is 34.4 Å². The Kier molecular flexibility index (Phi) is 6.10. The Bertz CT molecular complexity index is 355. The fourth-order valence-electron chi connectivity index (χ4n) is 1.32. The van der Waals surface area contributed by atoms with Crippen molar-refractivity contribution in [3.05, 3.63) is 28.2 Å². The van der Waals surface area contributed by atoms with Crippen molar-refractivity contribution in [1.82, 2.24) is 5.32 Å². The monoisotopic (exact) mass is 275 g/mol. The van der Waals surface area contributed by atoms with Gasteiger partial charge in [-0.2, -0.15) is 0 Å². The molecule has 0 aromatic heterocycles. The lowest BCUT2D eigenvalue weighted by atomic mass is 10.2. The molecule has 0 aliphatic rings. The van der Waals surface area contributed by atoms with Crippen molar-refractivity contribution in [2.75, 3.05) is 13.2 Å². The summed E-state index contributed by atoms with van der Waals surface area (Å²) in [6.07, 6.45) is 0. The third kappa shape index (κ3) is 5.15. The van der Waals surface area contributed by atoms with E-state index in [1.54, 1.807) is 6.07 Å². The topological polar surface area (TPSA) is 21.3 Å². The van der Waals surface area contributed by atoms with E-state index in [1.807, 2.05) is 12.1 Å². The first-order chi connectivity index (χ1) is 8.00. The molecule has 0 heterocycles. The number of hydrogen-bond donors (Lipinski definition) is 1. The Morgan fingerprint density at radius 1 is 1.24 bits per heavy atom. The van der Waals surface area contributed by atoms with Crippen molar-refractivity contribution in [2.45, 2.75) is 26.8 Å². The lowest BCUT2D eigenvalue weighted by Crippen LogP contribution is -2.30. The van der Waals surface area contributed by atoms with Crippen molar-refractivity contribution >= 4 is 23.2 Å². The summed E-state index contributed by atoms with van der Waals surface area (Å²) >= 11 is 11.9. The summed E-state index contributed by atoms with van der Waals surface area (Å²) in [5.74, 6) is 1.07. The minimum atomic E-state index is 0.424. The van der Waals surface area contributed by atoms with E-state index >= 15 is 0 Å². The fourth-order valence-corrected chi connectivity index (χ4v) is 1.67. The Labute approximate surface area is 113 Å². The van der Waals surface area contributed by atoms with Crippen LogP contribution in [0.2, 0.25) is 10.0 Å². The summed E-state index contributed by atoms with van der Waals surface area (Å²) in [6.45, 7) is 7.94. The van der Waals surface area contributed by atoms with E-state index in [4.69, 9.17) is 27.9 Å². The second kappa shape index (κ2) is 7.10. The zero-order valence-electron chi connectivity index (χ0n) is 10.5. The highest BCUT2D eigenvalue weighted by Gasteiger charge is 2.08. The SMILES string of the molecule is CC(CNC(C)C)COc1cccc(Cl)c1Cl. The summed E-state index contributed by atoms with van der Waals surface area (Å²) in [5, 5.41) is 4.38. The van der Waals surface area contributed by atoms with Crippen LogP contribution in [0.3, 0.4) is 0 Å². The largest absolute Gasteiger partial charge is 0.492 e. The lowest BCUT2D eigenvalue weighted by Gasteiger charge is -2.16. The van der Waals surface area contributed by atoms with Gasteiger partial charge in [0, 0.05) is 18.5 Å². The van der Waals surface area contributed by atoms with Crippen LogP contribution in [0.4, 0.5) is 0 Å². The van der Waals surface area contributed by atoms with E-state index in [-0.39, 0.29) is 0 Å². The van der Waals surface area contributed by atoms with Crippen molar-refractivity contribution < 1.29 is 4.74 Å². The van der Waals surface area contributed by atoms with Gasteiger partial charge in [0.1, 0.15) is 10.8 Å². The van der Waals surface area contributed by atoms with Crippen LogP contribution >= 0.6 is 23.2 Å². The first-order valence-corrected chi connectivity index (χ1v) is 6.56. The number of ether oxygens (including phenoxy) is 1. The van der Waals surface area contributed by atoms with E-state index in [1.165, 1.54) is 0 Å². The lowest BCUT2D eigenvalue weighted by molar-refractivity contribution is 0.253. The number of hydrogen-bond acceptors (Lipinski definition) is 2. The van der Waals surface area contributed by atoms with Gasteiger partial charge in [-0.3, -0.25) is 0 Å². The summed E-state index contributed by atoms with van der Waals surface area (Å²) in [5.41, 5.74) is 0. The third-order valence-electron chi connectivity index (χ3n) is 2.31. The standard InChI is InChI=1S/C13H19Cl2NO/c1-9(2)16-7-10(3)8-17-12-6-4-5-11(14)13(12)15/h4-6,9-10,16H,7-8H2,1-3H3. The van der Waals surface area contributed by atoms with Crippen LogP contribution in [0.1, 0.15) is 20.8 Å². The number of rotatable bonds is 6. The zero-order valence-corrected chi connectivity index (χ0v) is 12.0. The van der Waals surface area contributed by atoms with Gasteiger partial charge in [0.05, 0.1) is 11.6 Å². The average molecular weight is 276 g/mol. The fraction of sp³-hybridized carbons (Fsp3) is 0.538. The Balaban J connectivity index is 2.42. The summed E-state index contributed by atoms with van der Waals surface area (Å²) < 4.78 is 5.66. The molecule has 0 amide bonds. The Morgan fingerprint density at radius 3 is 2.59 bits per heavy atom. The molecule has 1 unspecified atom stereocenters. The van der Waals surface area contributed by atoms with Gasteiger partial charge in [-0.05, 0) is 12.1 Å². The van der Waals surface area contributed by atoms with Gasteiger partial charge in [0.15, 0.2) is 0 Å². The number of nitrogens with one attached hydrogen (secondary N) is 1. The van der Waals surface area contributed by atoms with Gasteiger partial charge in [0.2, 0.25) is 0 Å². The molecule has 1 rings (SSSR count). The van der Waals surface area contributed by atoms with E-state index in [9.17, 15) is 0 Å². The van der Waals surface area contributed by atoms with E-state index in [2.05, 4.69) is 26.1 Å². The second-order valence-corrected chi connectivity index (χ2v) is 5.32. The highest BCUT2D eigenvalue weighted by Crippen LogP contribution is 2.31. The molecule has 0 spiro atoms. The molecule has 1 atom stereocenters. The molecular weight excluding hydrogens is 257 g/mol. The van der Waals surface area contributed by atoms with Crippen molar-refractivity contribution in [2.24, 2.45) is 5.92 Å². The molecular formula is C13H19Cl2NO. The first kappa shape index (κ1) is 14.6. The van der Waals surface area contributed by atoms with Crippen LogP contribution in [0.25, 0.3) is 0 Å². The van der Waals surface area contributed by atoms with Gasteiger partial charge in [-0.25, -0.2) is 0 Å². The zero-order chi connectivity index (χ0) is 12.8. The van der Waals surface area contributed by atoms with E-state index < -0.39 is 0 Å². The van der Waals surface area contributed by atoms with Crippen LogP contribution in [0.15, 0.2) is 18.2 Å². The minimum absolute atomic E-state index is 0.424. The second-order valence-electron chi connectivity index (χ2n) is 4.53. The summed E-state index contributed by atoms with van der Waals surface area (Å²) in [4.78, 5) is 0. The highest BCUT2D eigenvalue weighted by molar-refractivity contribution is 6.42. The summed E-state index contributed by atoms with van der Waals surface area (Å²) in [7, 11) is 0. The number of benzene rings is 1. The number of halogens is 2. The highest BCUT2D eigenvalue weighted by atomic mass is 35.5. The van der Waals surface area contributed by atoms with Gasteiger partial charge in [-0.1, -0.05) is 50.0 Å². The molecule has 0 saturated carbocycles. The predicted molar refractivity (Wildman–Crippen MR) is 74.3 cm³/mol. The molecule has 1 aromatic carbocycles. The Hall–Kier alpha value is -0.440. The molecule has 0 radical (unpaired) electrons. The molecule has 96 valence electrons. The van der Waals surface area contributed by atoms with Gasteiger partial charge < -0.3 is 10.1 Å². The molecule has 17 heavy (non-hydrogen) atoms. The maximum absolute atomic E-state index is 6.03. The third-order valence-corrected chi connectivity index (χ3v) is 3.12. The normalized spacial score (nSPS) is 12.8. The van der Waals surface area contributed by atoms with Crippen molar-refractivity contribution in [1.29, 1.82) is 0 Å². The molecule has 0 saturated heterocycles. The first-order valence-electron chi connectivity index (χ1n) is 5.81. The predicted octanol–water partition coefficient (Wildman–Crippen LogP) is 4.01. The summed E-state index contributed by atoms with van der Waals surface area (Å²) in [6, 6.07) is 5.91. The van der Waals surface area contributed by atoms with Gasteiger partial charge >= 0.3 is 0 Å². The van der Waals surface area contributed by atoms with Crippen molar-refractivity contribution in [3.63, 3.8) is 0 Å². The maximum atomic E-state index is 6.03. The van der Waals surface area contributed by atoms with Crippen LogP contribution < -0.4 is 10.1 Å². The van der Waals surface area contributed by atoms with Crippen LogP contribution in [-0.4, -0.2) is 19.2 Å². The molecule has 0 aliphatic heterocycles. The molecule has 0 fully saturated rings. The molecule has 4 heteroatoms. The molecule has 2 nitrogen and oxygen atoms in total. The van der Waals surface area contributed by atoms with Gasteiger partial charge in [-0.15, -0.1) is 0 Å². The Morgan fingerprint density at radius 2 is 1.94 bits per heavy atom. The van der Waals surface area contributed by atoms with Crippen LogP contribution in [-0.2, 0) is 0 Å². The van der Waals surface area contributed by atoms with Crippen LogP contribution in [0.5, 0.6) is 5.75 Å².